The lowest BCUT2D eigenvalue weighted by molar-refractivity contribution is -0.127. The number of pyridine rings is 1. The van der Waals surface area contributed by atoms with Gasteiger partial charge in [-0.25, -0.2) is 10.5 Å². The van der Waals surface area contributed by atoms with Crippen molar-refractivity contribution < 1.29 is 15.1 Å². The van der Waals surface area contributed by atoms with Gasteiger partial charge in [0.2, 0.25) is 0 Å². The summed E-state index contributed by atoms with van der Waals surface area (Å²) < 4.78 is 1.90. The molecule has 2 heterocycles. The largest absolute Gasteiger partial charge is 0.392 e. The minimum Gasteiger partial charge on any atom is -0.392 e. The van der Waals surface area contributed by atoms with Crippen LogP contribution in [0.1, 0.15) is 49.3 Å². The maximum atomic E-state index is 11.3. The van der Waals surface area contributed by atoms with Crippen LogP contribution in [0.3, 0.4) is 0 Å². The zero-order chi connectivity index (χ0) is 16.2. The van der Waals surface area contributed by atoms with E-state index in [4.69, 9.17) is 10.2 Å². The Morgan fingerprint density at radius 1 is 1.35 bits per heavy atom. The highest BCUT2D eigenvalue weighted by Crippen LogP contribution is 2.36. The number of aromatic nitrogens is 2. The summed E-state index contributed by atoms with van der Waals surface area (Å²) in [4.78, 5) is 16.1. The number of hydrogen-bond acceptors (Lipinski definition) is 5. The number of imidazole rings is 1. The number of aliphatic hydroxyl groups is 1. The fourth-order valence-corrected chi connectivity index (χ4v) is 3.24. The minimum absolute atomic E-state index is 0.0221. The van der Waals surface area contributed by atoms with Gasteiger partial charge < -0.3 is 10.4 Å². The van der Waals surface area contributed by atoms with Crippen molar-refractivity contribution in [2.75, 3.05) is 11.9 Å². The fraction of sp³-hybridized carbons (Fsp3) is 0.500. The number of rotatable bonds is 5. The molecular weight excluding hydrogens is 296 g/mol. The van der Waals surface area contributed by atoms with Crippen molar-refractivity contribution in [2.24, 2.45) is 0 Å². The molecule has 0 aromatic carbocycles. The fourth-order valence-electron chi connectivity index (χ4n) is 3.24. The van der Waals surface area contributed by atoms with E-state index >= 15 is 0 Å². The molecule has 1 aliphatic rings. The third-order valence-corrected chi connectivity index (χ3v) is 4.43. The van der Waals surface area contributed by atoms with Crippen LogP contribution >= 0.6 is 0 Å². The van der Waals surface area contributed by atoms with Crippen LogP contribution in [0.4, 0.5) is 5.82 Å². The van der Waals surface area contributed by atoms with Gasteiger partial charge in [-0.1, -0.05) is 19.3 Å². The van der Waals surface area contributed by atoms with Gasteiger partial charge >= 0.3 is 0 Å². The molecule has 0 bridgehead atoms. The third kappa shape index (κ3) is 3.30. The number of aliphatic hydroxyl groups excluding tert-OH is 1. The summed E-state index contributed by atoms with van der Waals surface area (Å²) >= 11 is 0. The lowest BCUT2D eigenvalue weighted by Gasteiger charge is -2.21. The summed E-state index contributed by atoms with van der Waals surface area (Å²) in [5.74, 6) is 0.669. The Morgan fingerprint density at radius 2 is 2.13 bits per heavy atom. The number of amides is 1. The van der Waals surface area contributed by atoms with Crippen LogP contribution in [0.15, 0.2) is 18.3 Å². The van der Waals surface area contributed by atoms with Crippen LogP contribution < -0.4 is 10.8 Å². The maximum Gasteiger partial charge on any atom is 0.262 e. The second-order valence-electron chi connectivity index (χ2n) is 5.99. The molecule has 1 fully saturated rings. The van der Waals surface area contributed by atoms with Gasteiger partial charge in [0.1, 0.15) is 11.5 Å². The number of fused-ring (bicyclic) bond motifs is 1. The summed E-state index contributed by atoms with van der Waals surface area (Å²) in [5.41, 5.74) is 4.15. The molecule has 1 amide bonds. The number of hydrogen-bond donors (Lipinski definition) is 4. The predicted molar refractivity (Wildman–Crippen MR) is 85.4 cm³/mol. The van der Waals surface area contributed by atoms with Crippen molar-refractivity contribution in [3.63, 3.8) is 0 Å². The monoisotopic (exact) mass is 318 g/mol. The van der Waals surface area contributed by atoms with Crippen LogP contribution in [0.25, 0.3) is 5.65 Å². The summed E-state index contributed by atoms with van der Waals surface area (Å²) in [6, 6.07) is 3.68. The summed E-state index contributed by atoms with van der Waals surface area (Å²) in [7, 11) is 0. The quantitative estimate of drug-likeness (QED) is 0.498. The highest BCUT2D eigenvalue weighted by molar-refractivity contribution is 5.79. The molecule has 7 nitrogen and oxygen atoms in total. The average molecular weight is 318 g/mol. The van der Waals surface area contributed by atoms with Crippen LogP contribution in [0.2, 0.25) is 0 Å². The normalized spacial score (nSPS) is 15.7. The van der Waals surface area contributed by atoms with Crippen molar-refractivity contribution in [3.8, 4) is 0 Å². The van der Waals surface area contributed by atoms with E-state index in [-0.39, 0.29) is 13.2 Å². The molecule has 1 aliphatic carbocycles. The predicted octanol–water partition coefficient (Wildman–Crippen LogP) is 1.79. The molecule has 1 saturated carbocycles. The molecule has 0 aliphatic heterocycles. The molecule has 23 heavy (non-hydrogen) atoms. The van der Waals surface area contributed by atoms with Crippen LogP contribution in [0.5, 0.6) is 0 Å². The van der Waals surface area contributed by atoms with E-state index in [1.165, 1.54) is 19.3 Å². The number of anilines is 1. The van der Waals surface area contributed by atoms with Gasteiger partial charge in [0.05, 0.1) is 18.8 Å². The number of nitrogens with one attached hydrogen (secondary N) is 2. The molecule has 0 saturated heterocycles. The molecule has 0 radical (unpaired) electrons. The average Bonchev–Trinajstić information content (AvgIpc) is 2.97. The summed E-state index contributed by atoms with van der Waals surface area (Å²) in [6.07, 6.45) is 7.68. The van der Waals surface area contributed by atoms with E-state index in [1.54, 1.807) is 5.48 Å². The topological polar surface area (TPSA) is 98.9 Å². The summed E-state index contributed by atoms with van der Waals surface area (Å²) in [5, 5.41) is 21.1. The Hall–Kier alpha value is -2.12. The minimum atomic E-state index is -0.499. The number of nitrogens with zero attached hydrogens (tertiary/aromatic N) is 2. The highest BCUT2D eigenvalue weighted by atomic mass is 16.5. The van der Waals surface area contributed by atoms with Crippen molar-refractivity contribution in [2.45, 2.75) is 44.6 Å². The van der Waals surface area contributed by atoms with Gasteiger partial charge in [-0.05, 0) is 30.5 Å². The zero-order valence-electron chi connectivity index (χ0n) is 13.0. The standard InChI is InChI=1S/C16H22N4O3/c21-10-11-6-7-20-13(8-11)18-15(12-4-2-1-3-5-12)16(20)17-9-14(22)19-23/h6-8,12,17,21,23H,1-5,9-10H2,(H,19,22). The van der Waals surface area contributed by atoms with Gasteiger partial charge in [0.25, 0.3) is 5.91 Å². The van der Waals surface area contributed by atoms with Crippen molar-refractivity contribution >= 4 is 17.4 Å². The molecule has 3 rings (SSSR count). The molecule has 0 spiro atoms. The van der Waals surface area contributed by atoms with Crippen LogP contribution in [-0.4, -0.2) is 32.2 Å². The zero-order valence-corrected chi connectivity index (χ0v) is 13.0. The van der Waals surface area contributed by atoms with Crippen LogP contribution in [0, 0.1) is 0 Å². The SMILES string of the molecule is O=C(CNc1c(C2CCCCC2)nc2cc(CO)ccn12)NO. The number of hydroxylamine groups is 1. The van der Waals surface area contributed by atoms with Crippen molar-refractivity contribution in [3.05, 3.63) is 29.6 Å². The lowest BCUT2D eigenvalue weighted by Crippen LogP contribution is -2.27. The van der Waals surface area contributed by atoms with Gasteiger partial charge in [0.15, 0.2) is 0 Å². The van der Waals surface area contributed by atoms with E-state index in [0.717, 1.165) is 35.6 Å². The Balaban J connectivity index is 1.98. The van der Waals surface area contributed by atoms with Gasteiger partial charge in [0, 0.05) is 12.1 Å². The van der Waals surface area contributed by atoms with Crippen LogP contribution in [-0.2, 0) is 11.4 Å². The van der Waals surface area contributed by atoms with Gasteiger partial charge in [-0.3, -0.25) is 14.4 Å². The number of carbonyl (C=O) groups is 1. The Bertz CT molecular complexity index is 692. The first-order chi connectivity index (χ1) is 11.2. The first kappa shape index (κ1) is 15.8. The Labute approximate surface area is 134 Å². The van der Waals surface area contributed by atoms with E-state index < -0.39 is 5.91 Å². The van der Waals surface area contributed by atoms with Crippen molar-refractivity contribution in [1.29, 1.82) is 0 Å². The second-order valence-corrected chi connectivity index (χ2v) is 5.99. The molecule has 0 unspecified atom stereocenters. The molecule has 124 valence electrons. The molecule has 7 heteroatoms. The first-order valence-electron chi connectivity index (χ1n) is 8.01. The molecule has 0 atom stereocenters. The van der Waals surface area contributed by atoms with Gasteiger partial charge in [-0.15, -0.1) is 0 Å². The molecule has 2 aromatic heterocycles. The first-order valence-corrected chi connectivity index (χ1v) is 8.01. The molecule has 2 aromatic rings. The third-order valence-electron chi connectivity index (χ3n) is 4.43. The highest BCUT2D eigenvalue weighted by Gasteiger charge is 2.23. The molecular formula is C16H22N4O3. The van der Waals surface area contributed by atoms with E-state index in [1.807, 2.05) is 22.7 Å². The number of carbonyl (C=O) groups excluding carboxylic acids is 1. The lowest BCUT2D eigenvalue weighted by atomic mass is 9.87. The van der Waals surface area contributed by atoms with E-state index in [0.29, 0.717) is 5.92 Å². The Kier molecular flexibility index (Phi) is 4.78. The Morgan fingerprint density at radius 3 is 2.83 bits per heavy atom. The van der Waals surface area contributed by atoms with Crippen molar-refractivity contribution in [1.82, 2.24) is 14.9 Å². The molecule has 4 N–H and O–H groups in total. The smallest absolute Gasteiger partial charge is 0.262 e. The van der Waals surface area contributed by atoms with E-state index in [9.17, 15) is 9.90 Å². The maximum absolute atomic E-state index is 11.3. The van der Waals surface area contributed by atoms with Gasteiger partial charge in [-0.2, -0.15) is 0 Å². The summed E-state index contributed by atoms with van der Waals surface area (Å²) in [6.45, 7) is -0.0520. The second kappa shape index (κ2) is 6.97. The van der Waals surface area contributed by atoms with E-state index in [2.05, 4.69) is 5.32 Å².